The molecule has 0 bridgehead atoms. The topological polar surface area (TPSA) is 26.2 Å². The Balaban J connectivity index is 1.21. The molecule has 4 heterocycles. The second-order valence-corrected chi connectivity index (χ2v) is 12.2. The molecule has 4 heteroatoms. The maximum atomic E-state index is 6.37. The molecule has 214 valence electrons. The SMILES string of the molecule is c1ccc(-n2c3ccccc3c3cc(N4c5ccccc5-n5c6cc7oc8ccccc8c7cc6c6cccc4c65)ccc32)cc1. The molecule has 1 aliphatic rings. The molecule has 0 aliphatic carbocycles. The number of furan rings is 1. The molecular formula is C42H25N3O. The average Bonchev–Trinajstić information content (AvgIpc) is 3.76. The maximum Gasteiger partial charge on any atom is 0.137 e. The summed E-state index contributed by atoms with van der Waals surface area (Å²) < 4.78 is 11.2. The first kappa shape index (κ1) is 24.1. The van der Waals surface area contributed by atoms with E-state index in [1.54, 1.807) is 0 Å². The molecule has 0 N–H and O–H groups in total. The number of benzene rings is 7. The zero-order chi connectivity index (χ0) is 29.9. The summed E-state index contributed by atoms with van der Waals surface area (Å²) in [4.78, 5) is 2.43. The second-order valence-electron chi connectivity index (χ2n) is 12.2. The monoisotopic (exact) mass is 587 g/mol. The van der Waals surface area contributed by atoms with Crippen LogP contribution in [0.3, 0.4) is 0 Å². The highest BCUT2D eigenvalue weighted by molar-refractivity contribution is 6.21. The molecule has 46 heavy (non-hydrogen) atoms. The largest absolute Gasteiger partial charge is 0.456 e. The number of rotatable bonds is 2. The van der Waals surface area contributed by atoms with Gasteiger partial charge in [-0.2, -0.15) is 0 Å². The van der Waals surface area contributed by atoms with E-state index in [1.807, 2.05) is 6.07 Å². The van der Waals surface area contributed by atoms with E-state index in [4.69, 9.17) is 4.42 Å². The minimum Gasteiger partial charge on any atom is -0.456 e. The van der Waals surface area contributed by atoms with Gasteiger partial charge < -0.3 is 18.5 Å². The van der Waals surface area contributed by atoms with Gasteiger partial charge in [0.2, 0.25) is 0 Å². The van der Waals surface area contributed by atoms with Crippen molar-refractivity contribution < 1.29 is 4.42 Å². The van der Waals surface area contributed by atoms with Crippen LogP contribution in [0.4, 0.5) is 17.1 Å². The van der Waals surface area contributed by atoms with Crippen molar-refractivity contribution in [3.63, 3.8) is 0 Å². The maximum absolute atomic E-state index is 6.37. The Labute approximate surface area is 263 Å². The lowest BCUT2D eigenvalue weighted by Crippen LogP contribution is -2.18. The van der Waals surface area contributed by atoms with Crippen LogP contribution >= 0.6 is 0 Å². The van der Waals surface area contributed by atoms with E-state index < -0.39 is 0 Å². The van der Waals surface area contributed by atoms with Gasteiger partial charge in [0, 0.05) is 49.8 Å². The van der Waals surface area contributed by atoms with Gasteiger partial charge in [0.05, 0.1) is 39.1 Å². The zero-order valence-electron chi connectivity index (χ0n) is 24.7. The van der Waals surface area contributed by atoms with E-state index >= 15 is 0 Å². The standard InChI is InChI=1S/C42H25N3O/c1-2-11-26(12-3-1)43-34-16-6-4-13-28(34)31-23-27(21-22-35(31)43)44-36-17-7-8-18-37(36)45-39-25-41-33(29-14-5-9-20-40(29)46-41)24-32(39)30-15-10-19-38(44)42(30)45/h1-25H. The number of nitrogens with zero attached hydrogens (tertiary/aromatic N) is 3. The van der Waals surface area contributed by atoms with Crippen LogP contribution < -0.4 is 4.90 Å². The molecule has 11 rings (SSSR count). The highest BCUT2D eigenvalue weighted by atomic mass is 16.3. The summed E-state index contributed by atoms with van der Waals surface area (Å²) in [5.74, 6) is 0. The summed E-state index contributed by atoms with van der Waals surface area (Å²) in [6, 6.07) is 54.6. The fourth-order valence-corrected chi connectivity index (χ4v) is 7.90. The molecule has 0 saturated carbocycles. The molecule has 1 aliphatic heterocycles. The predicted molar refractivity (Wildman–Crippen MR) is 191 cm³/mol. The zero-order valence-corrected chi connectivity index (χ0v) is 24.7. The van der Waals surface area contributed by atoms with Gasteiger partial charge in [-0.3, -0.25) is 0 Å². The van der Waals surface area contributed by atoms with Crippen LogP contribution in [0, 0.1) is 0 Å². The molecule has 7 aromatic carbocycles. The summed E-state index contributed by atoms with van der Waals surface area (Å²) in [5, 5.41) is 7.25. The predicted octanol–water partition coefficient (Wildman–Crippen LogP) is 11.6. The summed E-state index contributed by atoms with van der Waals surface area (Å²) in [6.45, 7) is 0. The van der Waals surface area contributed by atoms with Crippen LogP contribution in [0.1, 0.15) is 0 Å². The van der Waals surface area contributed by atoms with Gasteiger partial charge in [-0.1, -0.05) is 78.9 Å². The van der Waals surface area contributed by atoms with E-state index in [-0.39, 0.29) is 0 Å². The minimum atomic E-state index is 0.912. The van der Waals surface area contributed by atoms with Gasteiger partial charge in [-0.25, -0.2) is 0 Å². The Kier molecular flexibility index (Phi) is 4.55. The first-order chi connectivity index (χ1) is 22.8. The number of anilines is 3. The molecule has 0 radical (unpaired) electrons. The Morgan fingerprint density at radius 3 is 1.96 bits per heavy atom. The van der Waals surface area contributed by atoms with E-state index in [1.165, 1.54) is 43.8 Å². The van der Waals surface area contributed by atoms with Gasteiger partial charge in [-0.15, -0.1) is 0 Å². The van der Waals surface area contributed by atoms with Crippen molar-refractivity contribution in [1.29, 1.82) is 0 Å². The van der Waals surface area contributed by atoms with Crippen LogP contribution in [0.25, 0.3) is 76.9 Å². The number of hydrogen-bond acceptors (Lipinski definition) is 2. The van der Waals surface area contributed by atoms with E-state index in [0.717, 1.165) is 50.2 Å². The van der Waals surface area contributed by atoms with Crippen molar-refractivity contribution in [1.82, 2.24) is 9.13 Å². The summed E-state index contributed by atoms with van der Waals surface area (Å²) >= 11 is 0. The quantitative estimate of drug-likeness (QED) is 0.201. The minimum absolute atomic E-state index is 0.912. The molecule has 0 atom stereocenters. The van der Waals surface area contributed by atoms with Gasteiger partial charge >= 0.3 is 0 Å². The highest BCUT2D eigenvalue weighted by Gasteiger charge is 2.29. The van der Waals surface area contributed by atoms with E-state index in [0.29, 0.717) is 0 Å². The average molecular weight is 588 g/mol. The lowest BCUT2D eigenvalue weighted by atomic mass is 10.1. The molecule has 0 amide bonds. The smallest absolute Gasteiger partial charge is 0.137 e. The van der Waals surface area contributed by atoms with Gasteiger partial charge in [0.1, 0.15) is 11.2 Å². The van der Waals surface area contributed by atoms with Gasteiger partial charge in [0.25, 0.3) is 0 Å². The summed E-state index contributed by atoms with van der Waals surface area (Å²) in [7, 11) is 0. The third-order valence-electron chi connectivity index (χ3n) is 9.80. The number of fused-ring (bicyclic) bond motifs is 11. The van der Waals surface area contributed by atoms with Gasteiger partial charge in [0.15, 0.2) is 0 Å². The summed E-state index contributed by atoms with van der Waals surface area (Å²) in [6.07, 6.45) is 0. The molecule has 10 aromatic rings. The van der Waals surface area contributed by atoms with E-state index in [9.17, 15) is 0 Å². The Hall–Kier alpha value is -6.26. The van der Waals surface area contributed by atoms with Gasteiger partial charge in [-0.05, 0) is 66.7 Å². The molecule has 0 fully saturated rings. The van der Waals surface area contributed by atoms with Crippen LogP contribution in [0.5, 0.6) is 0 Å². The van der Waals surface area contributed by atoms with Crippen LogP contribution in [0.2, 0.25) is 0 Å². The molecule has 0 unspecified atom stereocenters. The van der Waals surface area contributed by atoms with Crippen molar-refractivity contribution in [2.45, 2.75) is 0 Å². The second kappa shape index (κ2) is 8.68. The Morgan fingerprint density at radius 2 is 1.04 bits per heavy atom. The highest BCUT2D eigenvalue weighted by Crippen LogP contribution is 2.51. The molecular weight excluding hydrogens is 562 g/mol. The van der Waals surface area contributed by atoms with Crippen molar-refractivity contribution in [2.24, 2.45) is 0 Å². The van der Waals surface area contributed by atoms with Crippen LogP contribution in [-0.2, 0) is 0 Å². The van der Waals surface area contributed by atoms with Crippen LogP contribution in [-0.4, -0.2) is 9.13 Å². The molecule has 4 nitrogen and oxygen atoms in total. The van der Waals surface area contributed by atoms with Crippen molar-refractivity contribution in [2.75, 3.05) is 4.90 Å². The van der Waals surface area contributed by atoms with E-state index in [2.05, 4.69) is 160 Å². The van der Waals surface area contributed by atoms with Crippen molar-refractivity contribution >= 4 is 82.6 Å². The molecule has 3 aromatic heterocycles. The lowest BCUT2D eigenvalue weighted by Gasteiger charge is -2.33. The molecule has 0 saturated heterocycles. The van der Waals surface area contributed by atoms with Crippen molar-refractivity contribution in [3.05, 3.63) is 152 Å². The third-order valence-corrected chi connectivity index (χ3v) is 9.80. The third kappa shape index (κ3) is 3.03. The lowest BCUT2D eigenvalue weighted by molar-refractivity contribution is 0.669. The normalized spacial score (nSPS) is 12.7. The first-order valence-electron chi connectivity index (χ1n) is 15.7. The summed E-state index contributed by atoms with van der Waals surface area (Å²) in [5.41, 5.74) is 12.4. The number of hydrogen-bond donors (Lipinski definition) is 0. The fourth-order valence-electron chi connectivity index (χ4n) is 7.90. The van der Waals surface area contributed by atoms with Crippen molar-refractivity contribution in [3.8, 4) is 11.4 Å². The first-order valence-corrected chi connectivity index (χ1v) is 15.7. The Bertz CT molecular complexity index is 2870. The Morgan fingerprint density at radius 1 is 0.348 bits per heavy atom. The fraction of sp³-hybridized carbons (Fsp3) is 0. The number of aromatic nitrogens is 2. The number of para-hydroxylation sites is 6. The van der Waals surface area contributed by atoms with Crippen LogP contribution in [0.15, 0.2) is 156 Å². The molecule has 0 spiro atoms.